The second kappa shape index (κ2) is 4.91. The Balaban J connectivity index is 2.60. The van der Waals surface area contributed by atoms with Gasteiger partial charge in [0.15, 0.2) is 0 Å². The van der Waals surface area contributed by atoms with Crippen molar-refractivity contribution in [1.29, 1.82) is 0 Å². The maximum atomic E-state index is 9.94. The Morgan fingerprint density at radius 1 is 1.43 bits per heavy atom. The van der Waals surface area contributed by atoms with E-state index in [1.165, 1.54) is 4.88 Å². The second-order valence-electron chi connectivity index (χ2n) is 4.19. The van der Waals surface area contributed by atoms with Crippen LogP contribution < -0.4 is 5.73 Å². The summed E-state index contributed by atoms with van der Waals surface area (Å²) in [6.07, 6.45) is 0.356. The van der Waals surface area contributed by atoms with E-state index >= 15 is 0 Å². The molecule has 1 aromatic heterocycles. The Morgan fingerprint density at radius 3 is 2.50 bits per heavy atom. The predicted octanol–water partition coefficient (Wildman–Crippen LogP) is 2.46. The summed E-state index contributed by atoms with van der Waals surface area (Å²) in [5, 5.41) is 9.94. The van der Waals surface area contributed by atoms with Crippen LogP contribution in [0, 0.1) is 12.8 Å². The molecule has 0 spiro atoms. The lowest BCUT2D eigenvalue weighted by atomic mass is 9.99. The number of hydrogen-bond donors (Lipinski definition) is 2. The fourth-order valence-electron chi connectivity index (χ4n) is 1.50. The van der Waals surface area contributed by atoms with Gasteiger partial charge in [0.05, 0.1) is 0 Å². The van der Waals surface area contributed by atoms with E-state index in [0.717, 1.165) is 11.3 Å². The summed E-state index contributed by atoms with van der Waals surface area (Å²) in [5.74, 6) is 0.528. The van der Waals surface area contributed by atoms with Crippen molar-refractivity contribution < 1.29 is 5.11 Å². The number of aryl methyl sites for hydroxylation is 1. The molecule has 1 aromatic rings. The fourth-order valence-corrected chi connectivity index (χ4v) is 2.44. The fraction of sp³-hybridized carbons (Fsp3) is 0.636. The summed E-state index contributed by atoms with van der Waals surface area (Å²) in [6.45, 7) is 6.27. The average Bonchev–Trinajstić information content (AvgIpc) is 2.49. The molecule has 0 saturated heterocycles. The normalized spacial score (nSPS) is 15.9. The van der Waals surface area contributed by atoms with Crippen LogP contribution in [-0.2, 0) is 0 Å². The molecule has 0 bridgehead atoms. The van der Waals surface area contributed by atoms with E-state index in [1.807, 2.05) is 19.1 Å². The molecule has 0 aromatic carbocycles. The highest BCUT2D eigenvalue weighted by Gasteiger charge is 2.19. The van der Waals surface area contributed by atoms with E-state index in [2.05, 4.69) is 13.8 Å². The molecule has 0 saturated carbocycles. The number of aliphatic hydroxyl groups excluding tert-OH is 1. The van der Waals surface area contributed by atoms with Gasteiger partial charge in [0, 0.05) is 15.8 Å². The van der Waals surface area contributed by atoms with Gasteiger partial charge < -0.3 is 10.8 Å². The van der Waals surface area contributed by atoms with Gasteiger partial charge in [-0.25, -0.2) is 0 Å². The average molecular weight is 213 g/mol. The number of thiophene rings is 1. The topological polar surface area (TPSA) is 46.2 Å². The molecule has 1 heterocycles. The van der Waals surface area contributed by atoms with E-state index in [9.17, 15) is 5.11 Å². The summed E-state index contributed by atoms with van der Waals surface area (Å²) in [4.78, 5) is 2.20. The molecule has 0 aliphatic heterocycles. The Labute approximate surface area is 89.8 Å². The highest BCUT2D eigenvalue weighted by Crippen LogP contribution is 2.26. The van der Waals surface area contributed by atoms with Gasteiger partial charge in [0.25, 0.3) is 0 Å². The van der Waals surface area contributed by atoms with E-state index < -0.39 is 6.10 Å². The third-order valence-corrected chi connectivity index (χ3v) is 3.27. The minimum atomic E-state index is -0.504. The smallest absolute Gasteiger partial charge is 0.103 e. The van der Waals surface area contributed by atoms with E-state index in [1.54, 1.807) is 11.3 Å². The molecule has 3 heteroatoms. The van der Waals surface area contributed by atoms with Gasteiger partial charge in [-0.2, -0.15) is 0 Å². The predicted molar refractivity (Wildman–Crippen MR) is 61.4 cm³/mol. The molecule has 80 valence electrons. The summed E-state index contributed by atoms with van der Waals surface area (Å²) in [5.41, 5.74) is 5.92. The summed E-state index contributed by atoms with van der Waals surface area (Å²) in [6, 6.07) is 3.84. The first kappa shape index (κ1) is 11.7. The largest absolute Gasteiger partial charge is 0.386 e. The van der Waals surface area contributed by atoms with Crippen molar-refractivity contribution in [2.45, 2.75) is 39.3 Å². The van der Waals surface area contributed by atoms with Crippen LogP contribution in [0.25, 0.3) is 0 Å². The molecule has 2 nitrogen and oxygen atoms in total. The molecule has 0 amide bonds. The van der Waals surface area contributed by atoms with E-state index in [4.69, 9.17) is 5.73 Å². The van der Waals surface area contributed by atoms with Crippen molar-refractivity contribution in [3.63, 3.8) is 0 Å². The van der Waals surface area contributed by atoms with Gasteiger partial charge in [0.2, 0.25) is 0 Å². The molecule has 0 aliphatic carbocycles. The Morgan fingerprint density at radius 2 is 2.07 bits per heavy atom. The molecular formula is C11H19NOS. The van der Waals surface area contributed by atoms with E-state index in [-0.39, 0.29) is 6.04 Å². The van der Waals surface area contributed by atoms with Crippen LogP contribution in [0.1, 0.15) is 36.1 Å². The summed E-state index contributed by atoms with van der Waals surface area (Å²) < 4.78 is 0. The van der Waals surface area contributed by atoms with Crippen LogP contribution in [0.3, 0.4) is 0 Å². The third-order valence-electron chi connectivity index (χ3n) is 2.20. The molecule has 1 rings (SSSR count). The molecule has 0 fully saturated rings. The van der Waals surface area contributed by atoms with Gasteiger partial charge >= 0.3 is 0 Å². The van der Waals surface area contributed by atoms with Crippen LogP contribution in [0.4, 0.5) is 0 Å². The van der Waals surface area contributed by atoms with Crippen LogP contribution in [0.15, 0.2) is 12.1 Å². The van der Waals surface area contributed by atoms with Gasteiger partial charge in [-0.3, -0.25) is 0 Å². The lowest BCUT2D eigenvalue weighted by molar-refractivity contribution is 0.139. The van der Waals surface area contributed by atoms with Gasteiger partial charge in [0.1, 0.15) is 6.10 Å². The highest BCUT2D eigenvalue weighted by atomic mass is 32.1. The lowest BCUT2D eigenvalue weighted by Gasteiger charge is -2.19. The van der Waals surface area contributed by atoms with Crippen LogP contribution in [0.2, 0.25) is 0 Å². The van der Waals surface area contributed by atoms with Crippen molar-refractivity contribution >= 4 is 11.3 Å². The Bertz CT molecular complexity index is 283. The van der Waals surface area contributed by atoms with Crippen molar-refractivity contribution in [1.82, 2.24) is 0 Å². The van der Waals surface area contributed by atoms with Gasteiger partial charge in [-0.15, -0.1) is 11.3 Å². The zero-order valence-corrected chi connectivity index (χ0v) is 9.84. The summed E-state index contributed by atoms with van der Waals surface area (Å²) in [7, 11) is 0. The maximum absolute atomic E-state index is 9.94. The molecular weight excluding hydrogens is 194 g/mol. The molecule has 2 atom stereocenters. The highest BCUT2D eigenvalue weighted by molar-refractivity contribution is 7.12. The first-order chi connectivity index (χ1) is 6.50. The summed E-state index contributed by atoms with van der Waals surface area (Å²) >= 11 is 1.62. The molecule has 0 aliphatic rings. The minimum Gasteiger partial charge on any atom is -0.386 e. The van der Waals surface area contributed by atoms with Crippen LogP contribution in [-0.4, -0.2) is 11.1 Å². The van der Waals surface area contributed by atoms with Crippen LogP contribution >= 0.6 is 11.3 Å². The monoisotopic (exact) mass is 213 g/mol. The van der Waals surface area contributed by atoms with Crippen molar-refractivity contribution in [3.8, 4) is 0 Å². The Hall–Kier alpha value is -0.380. The molecule has 3 N–H and O–H groups in total. The second-order valence-corrected chi connectivity index (χ2v) is 5.51. The Kier molecular flexibility index (Phi) is 4.11. The number of rotatable bonds is 4. The molecule has 0 radical (unpaired) electrons. The third kappa shape index (κ3) is 3.08. The lowest BCUT2D eigenvalue weighted by Crippen LogP contribution is -2.29. The minimum absolute atomic E-state index is 0.145. The first-order valence-electron chi connectivity index (χ1n) is 5.00. The number of nitrogens with two attached hydrogens (primary N) is 1. The zero-order chi connectivity index (χ0) is 10.7. The van der Waals surface area contributed by atoms with Gasteiger partial charge in [-0.1, -0.05) is 13.8 Å². The van der Waals surface area contributed by atoms with Crippen LogP contribution in [0.5, 0.6) is 0 Å². The quantitative estimate of drug-likeness (QED) is 0.807. The first-order valence-corrected chi connectivity index (χ1v) is 5.82. The number of hydrogen-bond acceptors (Lipinski definition) is 3. The van der Waals surface area contributed by atoms with Gasteiger partial charge in [-0.05, 0) is 31.4 Å². The molecule has 14 heavy (non-hydrogen) atoms. The van der Waals surface area contributed by atoms with E-state index in [0.29, 0.717) is 5.92 Å². The SMILES string of the molecule is Cc1ccc(C(O)C(N)CC(C)C)s1. The zero-order valence-electron chi connectivity index (χ0n) is 9.03. The standard InChI is InChI=1S/C11H19NOS/c1-7(2)6-9(12)11(13)10-5-4-8(3)14-10/h4-5,7,9,11,13H,6,12H2,1-3H3. The van der Waals surface area contributed by atoms with Crippen molar-refractivity contribution in [3.05, 3.63) is 21.9 Å². The number of aliphatic hydroxyl groups is 1. The maximum Gasteiger partial charge on any atom is 0.103 e. The van der Waals surface area contributed by atoms with Crippen molar-refractivity contribution in [2.24, 2.45) is 11.7 Å². The molecule has 2 unspecified atom stereocenters. The van der Waals surface area contributed by atoms with Crippen molar-refractivity contribution in [2.75, 3.05) is 0 Å².